The van der Waals surface area contributed by atoms with Gasteiger partial charge in [0, 0.05) is 37.7 Å². The third-order valence-electron chi connectivity index (χ3n) is 4.73. The van der Waals surface area contributed by atoms with E-state index in [0.717, 1.165) is 37.1 Å². The molecule has 3 aromatic rings. The van der Waals surface area contributed by atoms with Crippen LogP contribution in [0.25, 0.3) is 5.65 Å². The van der Waals surface area contributed by atoms with Crippen molar-refractivity contribution in [3.05, 3.63) is 52.8 Å². The number of nitrogens with zero attached hydrogens (tertiary/aromatic N) is 6. The third kappa shape index (κ3) is 4.05. The summed E-state index contributed by atoms with van der Waals surface area (Å²) in [5.41, 5.74) is 1.26. The maximum atomic E-state index is 13.1. The summed E-state index contributed by atoms with van der Waals surface area (Å²) in [5.74, 6) is -0.616. The zero-order valence-corrected chi connectivity index (χ0v) is 15.7. The summed E-state index contributed by atoms with van der Waals surface area (Å²) in [6, 6.07) is 11.0. The number of hydrogen-bond donors (Lipinski definition) is 0. The van der Waals surface area contributed by atoms with Gasteiger partial charge in [-0.05, 0) is 36.2 Å². The molecule has 6 nitrogen and oxygen atoms in total. The normalized spacial score (nSPS) is 16.5. The monoisotopic (exact) mass is 410 g/mol. The first-order chi connectivity index (χ1) is 13.4. The lowest BCUT2D eigenvalue weighted by atomic mass is 10.2. The number of aromatic nitrogens is 4. The van der Waals surface area contributed by atoms with Gasteiger partial charge in [0.25, 0.3) is 5.82 Å². The van der Waals surface area contributed by atoms with Crippen LogP contribution in [0, 0.1) is 0 Å². The fraction of sp³-hybridized carbons (Fsp3) is 0.389. The average Bonchev–Trinajstić information content (AvgIpc) is 2.96. The molecular weight excluding hydrogens is 393 g/mol. The summed E-state index contributed by atoms with van der Waals surface area (Å²) in [7, 11) is 0. The Kier molecular flexibility index (Phi) is 5.11. The second-order valence-electron chi connectivity index (χ2n) is 6.73. The van der Waals surface area contributed by atoms with Crippen molar-refractivity contribution in [2.24, 2.45) is 0 Å². The molecule has 0 aliphatic carbocycles. The van der Waals surface area contributed by atoms with Crippen molar-refractivity contribution in [3.63, 3.8) is 0 Å². The molecule has 3 heterocycles. The molecule has 4 rings (SSSR count). The summed E-state index contributed by atoms with van der Waals surface area (Å²) in [5, 5.41) is 11.6. The number of benzene rings is 1. The van der Waals surface area contributed by atoms with Gasteiger partial charge in [-0.25, -0.2) is 0 Å². The largest absolute Gasteiger partial charge is 0.453 e. The Bertz CT molecular complexity index is 956. The molecule has 10 heteroatoms. The standard InChI is InChI=1S/C18H18ClF3N6/c19-14-4-2-13(3-5-14)12-26-8-1-9-27(11-10-26)16-7-6-15-23-24-17(18(20,21)22)28(15)25-16/h2-7H,1,8-12H2. The zero-order valence-electron chi connectivity index (χ0n) is 14.9. The van der Waals surface area contributed by atoms with Crippen LogP contribution in [0.15, 0.2) is 36.4 Å². The fourth-order valence-electron chi connectivity index (χ4n) is 3.33. The zero-order chi connectivity index (χ0) is 19.7. The van der Waals surface area contributed by atoms with Crippen molar-refractivity contribution >= 4 is 23.1 Å². The van der Waals surface area contributed by atoms with Crippen molar-refractivity contribution in [1.29, 1.82) is 0 Å². The Balaban J connectivity index is 1.48. The first-order valence-electron chi connectivity index (χ1n) is 8.91. The Morgan fingerprint density at radius 1 is 0.929 bits per heavy atom. The molecule has 0 saturated carbocycles. The topological polar surface area (TPSA) is 49.6 Å². The van der Waals surface area contributed by atoms with Crippen LogP contribution < -0.4 is 4.90 Å². The molecule has 0 bridgehead atoms. The van der Waals surface area contributed by atoms with Crippen LogP contribution in [0.5, 0.6) is 0 Å². The highest BCUT2D eigenvalue weighted by Crippen LogP contribution is 2.28. The highest BCUT2D eigenvalue weighted by atomic mass is 35.5. The lowest BCUT2D eigenvalue weighted by Gasteiger charge is -2.22. The molecule has 28 heavy (non-hydrogen) atoms. The smallest absolute Gasteiger partial charge is 0.354 e. The summed E-state index contributed by atoms with van der Waals surface area (Å²) in [4.78, 5) is 4.32. The summed E-state index contributed by atoms with van der Waals surface area (Å²) < 4.78 is 40.0. The summed E-state index contributed by atoms with van der Waals surface area (Å²) >= 11 is 5.93. The lowest BCUT2D eigenvalue weighted by molar-refractivity contribution is -0.146. The van der Waals surface area contributed by atoms with E-state index < -0.39 is 12.0 Å². The van der Waals surface area contributed by atoms with Crippen molar-refractivity contribution in [3.8, 4) is 0 Å². The van der Waals surface area contributed by atoms with Gasteiger partial charge >= 0.3 is 6.18 Å². The van der Waals surface area contributed by atoms with Gasteiger partial charge in [-0.3, -0.25) is 4.90 Å². The third-order valence-corrected chi connectivity index (χ3v) is 4.99. The van der Waals surface area contributed by atoms with Crippen LogP contribution >= 0.6 is 11.6 Å². The van der Waals surface area contributed by atoms with E-state index in [1.807, 2.05) is 29.2 Å². The first-order valence-corrected chi connectivity index (χ1v) is 9.29. The predicted octanol–water partition coefficient (Wildman–Crippen LogP) is 3.51. The van der Waals surface area contributed by atoms with E-state index in [9.17, 15) is 13.2 Å². The molecule has 0 atom stereocenters. The molecule has 1 saturated heterocycles. The molecule has 1 aliphatic rings. The molecule has 0 amide bonds. The minimum atomic E-state index is -4.60. The molecule has 1 aromatic carbocycles. The van der Waals surface area contributed by atoms with Gasteiger partial charge in [-0.2, -0.15) is 17.7 Å². The van der Waals surface area contributed by atoms with E-state index in [1.165, 1.54) is 11.6 Å². The van der Waals surface area contributed by atoms with E-state index in [0.29, 0.717) is 17.4 Å². The van der Waals surface area contributed by atoms with Gasteiger partial charge in [0.15, 0.2) is 5.65 Å². The Morgan fingerprint density at radius 3 is 2.46 bits per heavy atom. The van der Waals surface area contributed by atoms with Gasteiger partial charge < -0.3 is 4.90 Å². The van der Waals surface area contributed by atoms with Gasteiger partial charge in [0.05, 0.1) is 0 Å². The maximum absolute atomic E-state index is 13.1. The van der Waals surface area contributed by atoms with Crippen LogP contribution in [0.1, 0.15) is 17.8 Å². The first kappa shape index (κ1) is 18.9. The SMILES string of the molecule is FC(F)(F)c1nnc2ccc(N3CCCN(Cc4ccc(Cl)cc4)CC3)nn12. The van der Waals surface area contributed by atoms with Gasteiger partial charge in [-0.15, -0.1) is 15.3 Å². The van der Waals surface area contributed by atoms with Crippen molar-refractivity contribution in [1.82, 2.24) is 24.7 Å². The average molecular weight is 411 g/mol. The predicted molar refractivity (Wildman–Crippen MR) is 99.3 cm³/mol. The van der Waals surface area contributed by atoms with Crippen molar-refractivity contribution < 1.29 is 13.2 Å². The Hall–Kier alpha value is -2.39. The van der Waals surface area contributed by atoms with Crippen LogP contribution in [0.4, 0.5) is 19.0 Å². The number of hydrogen-bond acceptors (Lipinski definition) is 5. The summed E-state index contributed by atoms with van der Waals surface area (Å²) in [6.45, 7) is 3.90. The second-order valence-corrected chi connectivity index (χ2v) is 7.16. The maximum Gasteiger partial charge on any atom is 0.453 e. The minimum absolute atomic E-state index is 0.0789. The summed E-state index contributed by atoms with van der Waals surface area (Å²) in [6.07, 6.45) is -3.71. The fourth-order valence-corrected chi connectivity index (χ4v) is 3.46. The van der Waals surface area contributed by atoms with Crippen molar-refractivity contribution in [2.75, 3.05) is 31.1 Å². The molecule has 1 aliphatic heterocycles. The van der Waals surface area contributed by atoms with Gasteiger partial charge in [0.1, 0.15) is 5.82 Å². The van der Waals surface area contributed by atoms with Crippen LogP contribution in [-0.2, 0) is 12.7 Å². The van der Waals surface area contributed by atoms with E-state index in [4.69, 9.17) is 11.6 Å². The van der Waals surface area contributed by atoms with E-state index in [1.54, 1.807) is 6.07 Å². The number of rotatable bonds is 3. The van der Waals surface area contributed by atoms with Crippen molar-refractivity contribution in [2.45, 2.75) is 19.1 Å². The molecule has 0 unspecified atom stereocenters. The van der Waals surface area contributed by atoms with Crippen LogP contribution in [0.3, 0.4) is 0 Å². The van der Waals surface area contributed by atoms with Gasteiger partial charge in [-0.1, -0.05) is 23.7 Å². The minimum Gasteiger partial charge on any atom is -0.354 e. The Labute approximate surface area is 164 Å². The number of alkyl halides is 3. The van der Waals surface area contributed by atoms with E-state index >= 15 is 0 Å². The van der Waals surface area contributed by atoms with Crippen LogP contribution in [0.2, 0.25) is 5.02 Å². The van der Waals surface area contributed by atoms with Crippen LogP contribution in [-0.4, -0.2) is 50.9 Å². The van der Waals surface area contributed by atoms with E-state index in [-0.39, 0.29) is 5.65 Å². The molecule has 0 N–H and O–H groups in total. The molecular formula is C18H18ClF3N6. The molecule has 2 aromatic heterocycles. The number of fused-ring (bicyclic) bond motifs is 1. The highest BCUT2D eigenvalue weighted by molar-refractivity contribution is 6.30. The van der Waals surface area contributed by atoms with Gasteiger partial charge in [0.2, 0.25) is 0 Å². The van der Waals surface area contributed by atoms with E-state index in [2.05, 4.69) is 20.2 Å². The molecule has 0 spiro atoms. The molecule has 0 radical (unpaired) electrons. The highest BCUT2D eigenvalue weighted by Gasteiger charge is 2.37. The lowest BCUT2D eigenvalue weighted by Crippen LogP contribution is -2.31. The quantitative estimate of drug-likeness (QED) is 0.661. The Morgan fingerprint density at radius 2 is 1.71 bits per heavy atom. The number of halogens is 4. The second kappa shape index (κ2) is 7.56. The molecule has 1 fully saturated rings. The molecule has 148 valence electrons. The number of anilines is 1.